The minimum atomic E-state index is 0.341. The van der Waals surface area contributed by atoms with Crippen molar-refractivity contribution in [2.75, 3.05) is 6.61 Å². The Hall–Kier alpha value is -1.02. The molecule has 1 aromatic rings. The van der Waals surface area contributed by atoms with Gasteiger partial charge < -0.3 is 10.5 Å². The first-order valence-electron chi connectivity index (χ1n) is 7.79. The lowest BCUT2D eigenvalue weighted by Gasteiger charge is -2.34. The summed E-state index contributed by atoms with van der Waals surface area (Å²) < 4.78 is 5.60. The van der Waals surface area contributed by atoms with Gasteiger partial charge in [-0.3, -0.25) is 0 Å². The van der Waals surface area contributed by atoms with Crippen LogP contribution in [-0.2, 0) is 6.42 Å². The van der Waals surface area contributed by atoms with Gasteiger partial charge >= 0.3 is 0 Å². The Kier molecular flexibility index (Phi) is 3.79. The minimum absolute atomic E-state index is 0.341. The molecule has 3 rings (SSSR count). The molecule has 0 bridgehead atoms. The number of hydrogen-bond acceptors (Lipinski definition) is 2. The maximum Gasteiger partial charge on any atom is 0.122 e. The summed E-state index contributed by atoms with van der Waals surface area (Å²) in [6.07, 6.45) is 7.49. The predicted molar refractivity (Wildman–Crippen MR) is 78.6 cm³/mol. The SMILES string of the molecule is CCCC1CCC(N)C(c2ccc3c(c2)CCO3)C1. The van der Waals surface area contributed by atoms with Crippen LogP contribution < -0.4 is 10.5 Å². The smallest absolute Gasteiger partial charge is 0.122 e. The Labute approximate surface area is 116 Å². The molecule has 1 aromatic carbocycles. The summed E-state index contributed by atoms with van der Waals surface area (Å²) in [7, 11) is 0. The third-order valence-electron chi connectivity index (χ3n) is 4.85. The van der Waals surface area contributed by atoms with E-state index in [1.54, 1.807) is 0 Å². The van der Waals surface area contributed by atoms with Crippen molar-refractivity contribution in [1.82, 2.24) is 0 Å². The zero-order chi connectivity index (χ0) is 13.2. The van der Waals surface area contributed by atoms with E-state index in [1.165, 1.54) is 43.2 Å². The van der Waals surface area contributed by atoms with E-state index in [4.69, 9.17) is 10.5 Å². The highest BCUT2D eigenvalue weighted by Gasteiger charge is 2.29. The van der Waals surface area contributed by atoms with Gasteiger partial charge in [-0.1, -0.05) is 31.9 Å². The molecule has 0 spiro atoms. The second-order valence-electron chi connectivity index (χ2n) is 6.20. The average molecular weight is 259 g/mol. The second-order valence-corrected chi connectivity index (χ2v) is 6.20. The molecule has 104 valence electrons. The van der Waals surface area contributed by atoms with Crippen molar-refractivity contribution in [3.05, 3.63) is 29.3 Å². The van der Waals surface area contributed by atoms with Crippen LogP contribution in [0.2, 0.25) is 0 Å². The van der Waals surface area contributed by atoms with Crippen LogP contribution in [0.25, 0.3) is 0 Å². The lowest BCUT2D eigenvalue weighted by molar-refractivity contribution is 0.274. The minimum Gasteiger partial charge on any atom is -0.493 e. The molecule has 0 saturated heterocycles. The van der Waals surface area contributed by atoms with Gasteiger partial charge in [0.25, 0.3) is 0 Å². The van der Waals surface area contributed by atoms with Crippen molar-refractivity contribution < 1.29 is 4.74 Å². The van der Waals surface area contributed by atoms with Crippen molar-refractivity contribution >= 4 is 0 Å². The molecule has 2 aliphatic rings. The number of rotatable bonds is 3. The van der Waals surface area contributed by atoms with E-state index >= 15 is 0 Å². The number of hydrogen-bond donors (Lipinski definition) is 1. The molecule has 19 heavy (non-hydrogen) atoms. The summed E-state index contributed by atoms with van der Waals surface area (Å²) in [5, 5.41) is 0. The topological polar surface area (TPSA) is 35.2 Å². The molecule has 2 heteroatoms. The van der Waals surface area contributed by atoms with Gasteiger partial charge in [-0.05, 0) is 48.3 Å². The lowest BCUT2D eigenvalue weighted by Crippen LogP contribution is -2.34. The summed E-state index contributed by atoms with van der Waals surface area (Å²) in [5.74, 6) is 2.51. The Bertz CT molecular complexity index is 443. The van der Waals surface area contributed by atoms with Gasteiger partial charge in [0.15, 0.2) is 0 Å². The van der Waals surface area contributed by atoms with Crippen LogP contribution in [0, 0.1) is 5.92 Å². The normalized spacial score (nSPS) is 29.9. The molecule has 1 fully saturated rings. The Morgan fingerprint density at radius 2 is 2.21 bits per heavy atom. The molecule has 2 nitrogen and oxygen atoms in total. The van der Waals surface area contributed by atoms with Gasteiger partial charge in [0.1, 0.15) is 5.75 Å². The maximum absolute atomic E-state index is 6.38. The molecular formula is C17H25NO. The van der Waals surface area contributed by atoms with Crippen LogP contribution >= 0.6 is 0 Å². The van der Waals surface area contributed by atoms with Crippen molar-refractivity contribution in [2.24, 2.45) is 11.7 Å². The molecule has 1 aliphatic carbocycles. The first kappa shape index (κ1) is 13.0. The largest absolute Gasteiger partial charge is 0.493 e. The van der Waals surface area contributed by atoms with Crippen LogP contribution in [-0.4, -0.2) is 12.6 Å². The van der Waals surface area contributed by atoms with Crippen LogP contribution in [0.1, 0.15) is 56.1 Å². The van der Waals surface area contributed by atoms with E-state index in [1.807, 2.05) is 0 Å². The lowest BCUT2D eigenvalue weighted by atomic mass is 9.73. The first-order valence-corrected chi connectivity index (χ1v) is 7.79. The summed E-state index contributed by atoms with van der Waals surface area (Å²) in [5.41, 5.74) is 9.20. The van der Waals surface area contributed by atoms with Gasteiger partial charge in [-0.25, -0.2) is 0 Å². The summed E-state index contributed by atoms with van der Waals surface area (Å²) in [4.78, 5) is 0. The van der Waals surface area contributed by atoms with Gasteiger partial charge in [-0.15, -0.1) is 0 Å². The standard InChI is InChI=1S/C17H25NO/c1-2-3-12-4-6-16(18)15(10-12)13-5-7-17-14(11-13)8-9-19-17/h5,7,11-12,15-16H,2-4,6,8-10,18H2,1H3. The first-order chi connectivity index (χ1) is 9.28. The monoisotopic (exact) mass is 259 g/mol. The van der Waals surface area contributed by atoms with E-state index in [2.05, 4.69) is 25.1 Å². The molecule has 1 saturated carbocycles. The van der Waals surface area contributed by atoms with Crippen LogP contribution in [0.15, 0.2) is 18.2 Å². The maximum atomic E-state index is 6.38. The van der Waals surface area contributed by atoms with Crippen molar-refractivity contribution in [1.29, 1.82) is 0 Å². The zero-order valence-corrected chi connectivity index (χ0v) is 11.9. The summed E-state index contributed by atoms with van der Waals surface area (Å²) in [6, 6.07) is 7.08. The highest BCUT2D eigenvalue weighted by atomic mass is 16.5. The summed E-state index contributed by atoms with van der Waals surface area (Å²) >= 11 is 0. The van der Waals surface area contributed by atoms with Crippen LogP contribution in [0.4, 0.5) is 0 Å². The third kappa shape index (κ3) is 2.64. The fourth-order valence-electron chi connectivity index (χ4n) is 3.77. The molecule has 3 atom stereocenters. The Balaban J connectivity index is 1.79. The average Bonchev–Trinajstić information content (AvgIpc) is 2.88. The van der Waals surface area contributed by atoms with E-state index in [9.17, 15) is 0 Å². The molecule has 0 radical (unpaired) electrons. The number of fused-ring (bicyclic) bond motifs is 1. The van der Waals surface area contributed by atoms with Crippen molar-refractivity contribution in [3.63, 3.8) is 0 Å². The quantitative estimate of drug-likeness (QED) is 0.899. The second kappa shape index (κ2) is 5.54. The Morgan fingerprint density at radius 1 is 1.32 bits per heavy atom. The molecule has 2 N–H and O–H groups in total. The fourth-order valence-corrected chi connectivity index (χ4v) is 3.77. The molecule has 0 aromatic heterocycles. The van der Waals surface area contributed by atoms with Crippen LogP contribution in [0.5, 0.6) is 5.75 Å². The van der Waals surface area contributed by atoms with Crippen molar-refractivity contribution in [3.8, 4) is 5.75 Å². The number of ether oxygens (including phenoxy) is 1. The van der Waals surface area contributed by atoms with E-state index in [0.717, 1.165) is 24.7 Å². The van der Waals surface area contributed by atoms with Gasteiger partial charge in [0.05, 0.1) is 6.61 Å². The highest BCUT2D eigenvalue weighted by molar-refractivity contribution is 5.41. The molecule has 1 aliphatic heterocycles. The predicted octanol–water partition coefficient (Wildman–Crippen LogP) is 3.63. The fraction of sp³-hybridized carbons (Fsp3) is 0.647. The third-order valence-corrected chi connectivity index (χ3v) is 4.85. The van der Waals surface area contributed by atoms with Crippen LogP contribution in [0.3, 0.4) is 0 Å². The van der Waals surface area contributed by atoms with Gasteiger partial charge in [0, 0.05) is 12.5 Å². The summed E-state index contributed by atoms with van der Waals surface area (Å²) in [6.45, 7) is 3.13. The number of nitrogens with two attached hydrogens (primary N) is 1. The van der Waals surface area contributed by atoms with E-state index in [0.29, 0.717) is 12.0 Å². The highest BCUT2D eigenvalue weighted by Crippen LogP contribution is 2.39. The van der Waals surface area contributed by atoms with Crippen molar-refractivity contribution in [2.45, 2.75) is 57.4 Å². The number of benzene rings is 1. The van der Waals surface area contributed by atoms with Gasteiger partial charge in [0.2, 0.25) is 0 Å². The van der Waals surface area contributed by atoms with E-state index < -0.39 is 0 Å². The molecule has 3 unspecified atom stereocenters. The van der Waals surface area contributed by atoms with Gasteiger partial charge in [-0.2, -0.15) is 0 Å². The molecule has 1 heterocycles. The molecular weight excluding hydrogens is 234 g/mol. The Morgan fingerprint density at radius 3 is 3.05 bits per heavy atom. The molecule has 0 amide bonds. The zero-order valence-electron chi connectivity index (χ0n) is 11.9. The van der Waals surface area contributed by atoms with E-state index in [-0.39, 0.29) is 0 Å².